The summed E-state index contributed by atoms with van der Waals surface area (Å²) in [7, 11) is 0.564. The monoisotopic (exact) mass is 452 g/mol. The van der Waals surface area contributed by atoms with Crippen molar-refractivity contribution >= 4 is 60.0 Å². The van der Waals surface area contributed by atoms with Crippen LogP contribution in [0.25, 0.3) is 0 Å². The minimum Gasteiger partial charge on any atom is -0.455 e. The van der Waals surface area contributed by atoms with Crippen LogP contribution in [0, 0.1) is 0 Å². The maximum Gasteiger partial charge on any atom is 0.355 e. The number of ether oxygens (including phenoxy) is 2. The van der Waals surface area contributed by atoms with Crippen LogP contribution in [-0.2, 0) is 19.1 Å². The molecule has 3 N–H and O–H groups in total. The van der Waals surface area contributed by atoms with E-state index in [1.807, 2.05) is 13.3 Å². The SMILES string of the molecule is CO[C@@]1(N[PH+](C)C)C(=O)N2C(C(=O)OC(C)(C)C)=C(CSC(N)=S)CS[C@H]21. The number of nitrogens with two attached hydrogens (primary N) is 1. The van der Waals surface area contributed by atoms with Gasteiger partial charge in [-0.05, 0) is 26.3 Å². The van der Waals surface area contributed by atoms with Gasteiger partial charge < -0.3 is 15.2 Å². The number of hydrogen-bond donors (Lipinski definition) is 2. The highest BCUT2D eigenvalue weighted by molar-refractivity contribution is 8.23. The number of thiocarbonyl (C=S) groups is 1. The van der Waals surface area contributed by atoms with Gasteiger partial charge in [0, 0.05) is 18.6 Å². The number of rotatable bonds is 6. The fourth-order valence-electron chi connectivity index (χ4n) is 2.90. The minimum absolute atomic E-state index is 0.271. The maximum absolute atomic E-state index is 13.1. The predicted octanol–water partition coefficient (Wildman–Crippen LogP) is 1.80. The number of fused-ring (bicyclic) bond motifs is 1. The summed E-state index contributed by atoms with van der Waals surface area (Å²) in [6.45, 7) is 9.48. The molecule has 2 aliphatic rings. The maximum atomic E-state index is 13.1. The summed E-state index contributed by atoms with van der Waals surface area (Å²) >= 11 is 7.77. The lowest BCUT2D eigenvalue weighted by atomic mass is 9.99. The van der Waals surface area contributed by atoms with Crippen LogP contribution in [0.3, 0.4) is 0 Å². The van der Waals surface area contributed by atoms with Gasteiger partial charge in [0.15, 0.2) is 0 Å². The average Bonchev–Trinajstić information content (AvgIpc) is 2.54. The van der Waals surface area contributed by atoms with E-state index < -0.39 is 25.4 Å². The molecule has 2 rings (SSSR count). The number of esters is 1. The van der Waals surface area contributed by atoms with Crippen LogP contribution in [0.1, 0.15) is 20.8 Å². The Morgan fingerprint density at radius 2 is 2.15 bits per heavy atom. The van der Waals surface area contributed by atoms with Gasteiger partial charge in [0.25, 0.3) is 11.6 Å². The number of amides is 1. The first-order valence-electron chi connectivity index (χ1n) is 8.39. The third kappa shape index (κ3) is 4.79. The Morgan fingerprint density at radius 1 is 1.52 bits per heavy atom. The lowest BCUT2D eigenvalue weighted by Crippen LogP contribution is -2.79. The summed E-state index contributed by atoms with van der Waals surface area (Å²) in [6, 6.07) is 0. The molecule has 0 spiro atoms. The first kappa shape index (κ1) is 22.9. The molecular formula is C16H27N3O4PS3+. The molecule has 2 atom stereocenters. The predicted molar refractivity (Wildman–Crippen MR) is 118 cm³/mol. The molecule has 11 heteroatoms. The molecule has 0 saturated carbocycles. The Hall–Kier alpha value is -0.380. The zero-order chi connectivity index (χ0) is 20.6. The van der Waals surface area contributed by atoms with Crippen molar-refractivity contribution in [3.05, 3.63) is 11.3 Å². The minimum atomic E-state index is -1.10. The molecule has 1 saturated heterocycles. The van der Waals surface area contributed by atoms with Crippen LogP contribution in [0.4, 0.5) is 0 Å². The number of methoxy groups -OCH3 is 1. The molecule has 1 fully saturated rings. The van der Waals surface area contributed by atoms with Gasteiger partial charge in [0.2, 0.25) is 0 Å². The molecule has 0 aromatic carbocycles. The number of nitrogens with zero attached hydrogens (tertiary/aromatic N) is 1. The summed E-state index contributed by atoms with van der Waals surface area (Å²) < 4.78 is 11.5. The number of nitrogens with one attached hydrogen (secondary N) is 1. The van der Waals surface area contributed by atoms with E-state index in [4.69, 9.17) is 27.4 Å². The van der Waals surface area contributed by atoms with Crippen molar-refractivity contribution in [1.29, 1.82) is 0 Å². The number of hydrogen-bond acceptors (Lipinski definition) is 8. The highest BCUT2D eigenvalue weighted by Crippen LogP contribution is 2.49. The Balaban J connectivity index is 2.40. The van der Waals surface area contributed by atoms with Crippen LogP contribution < -0.4 is 10.8 Å². The second-order valence-electron chi connectivity index (χ2n) is 7.47. The molecule has 0 aromatic rings. The summed E-state index contributed by atoms with van der Waals surface area (Å²) in [6.07, 6.45) is 0. The van der Waals surface area contributed by atoms with E-state index in [9.17, 15) is 9.59 Å². The average molecular weight is 453 g/mol. The van der Waals surface area contributed by atoms with Crippen LogP contribution >= 0.6 is 43.8 Å². The van der Waals surface area contributed by atoms with Gasteiger partial charge in [0.1, 0.15) is 21.0 Å². The largest absolute Gasteiger partial charge is 0.455 e. The van der Waals surface area contributed by atoms with E-state index >= 15 is 0 Å². The van der Waals surface area contributed by atoms with Gasteiger partial charge in [-0.15, -0.1) is 11.8 Å². The summed E-state index contributed by atoms with van der Waals surface area (Å²) in [5, 5.41) is 2.99. The van der Waals surface area contributed by atoms with Crippen LogP contribution in [0.15, 0.2) is 11.3 Å². The molecule has 0 aliphatic carbocycles. The highest BCUT2D eigenvalue weighted by atomic mass is 32.2. The van der Waals surface area contributed by atoms with Crippen molar-refractivity contribution in [2.24, 2.45) is 5.73 Å². The molecule has 152 valence electrons. The topological polar surface area (TPSA) is 93.9 Å². The fraction of sp³-hybridized carbons (Fsp3) is 0.688. The first-order valence-corrected chi connectivity index (χ1v) is 13.3. The van der Waals surface area contributed by atoms with Gasteiger partial charge in [-0.3, -0.25) is 9.69 Å². The normalized spacial score (nSPS) is 25.4. The molecule has 2 heterocycles. The fourth-order valence-corrected chi connectivity index (χ4v) is 6.39. The molecule has 2 aliphatic heterocycles. The molecular weight excluding hydrogens is 425 g/mol. The van der Waals surface area contributed by atoms with Crippen molar-refractivity contribution in [3.8, 4) is 0 Å². The van der Waals surface area contributed by atoms with E-state index in [1.165, 1.54) is 23.8 Å². The summed E-state index contributed by atoms with van der Waals surface area (Å²) in [4.78, 5) is 27.5. The Labute approximate surface area is 175 Å². The van der Waals surface area contributed by atoms with E-state index in [-0.39, 0.29) is 17.0 Å². The Morgan fingerprint density at radius 3 is 2.63 bits per heavy atom. The van der Waals surface area contributed by atoms with E-state index in [2.05, 4.69) is 5.09 Å². The number of β-lactam (4-membered cyclic amide) rings is 1. The smallest absolute Gasteiger partial charge is 0.355 e. The molecule has 0 aromatic heterocycles. The third-order valence-corrected chi connectivity index (χ3v) is 7.22. The van der Waals surface area contributed by atoms with Crippen molar-refractivity contribution in [3.63, 3.8) is 0 Å². The van der Waals surface area contributed by atoms with Crippen molar-refractivity contribution in [1.82, 2.24) is 9.99 Å². The van der Waals surface area contributed by atoms with Crippen LogP contribution in [0.2, 0.25) is 0 Å². The molecule has 7 nitrogen and oxygen atoms in total. The molecule has 0 bridgehead atoms. The quantitative estimate of drug-likeness (QED) is 0.206. The second-order valence-corrected chi connectivity index (χ2v) is 12.5. The number of thioether (sulfide) groups is 2. The van der Waals surface area contributed by atoms with E-state index in [0.29, 0.717) is 15.8 Å². The summed E-state index contributed by atoms with van der Waals surface area (Å²) in [5.74, 6) is 0.230. The number of carbonyl (C=O) groups excluding carboxylic acids is 2. The van der Waals surface area contributed by atoms with Gasteiger partial charge in [-0.2, -0.15) is 5.09 Å². The van der Waals surface area contributed by atoms with Gasteiger partial charge in [-0.1, -0.05) is 24.0 Å². The molecule has 27 heavy (non-hydrogen) atoms. The third-order valence-electron chi connectivity index (χ3n) is 3.85. The van der Waals surface area contributed by atoms with Crippen molar-refractivity contribution in [2.75, 3.05) is 31.9 Å². The van der Waals surface area contributed by atoms with Crippen molar-refractivity contribution < 1.29 is 19.1 Å². The zero-order valence-corrected chi connectivity index (χ0v) is 19.8. The molecule has 1 amide bonds. The lowest BCUT2D eigenvalue weighted by molar-refractivity contribution is -0.188. The van der Waals surface area contributed by atoms with E-state index in [1.54, 1.807) is 32.5 Å². The van der Waals surface area contributed by atoms with Crippen molar-refractivity contribution in [2.45, 2.75) is 37.5 Å². The second kappa shape index (κ2) is 8.55. The van der Waals surface area contributed by atoms with Crippen LogP contribution in [0.5, 0.6) is 0 Å². The highest BCUT2D eigenvalue weighted by Gasteiger charge is 2.67. The lowest BCUT2D eigenvalue weighted by Gasteiger charge is -2.55. The Bertz CT molecular complexity index is 680. The van der Waals surface area contributed by atoms with Gasteiger partial charge in [-0.25, -0.2) is 4.79 Å². The first-order chi connectivity index (χ1) is 12.4. The summed E-state index contributed by atoms with van der Waals surface area (Å²) in [5.41, 5.74) is 4.91. The van der Waals surface area contributed by atoms with Gasteiger partial charge in [0.05, 0.1) is 21.4 Å². The zero-order valence-electron chi connectivity index (χ0n) is 16.4. The number of carbonyl (C=O) groups is 2. The Kier molecular flexibility index (Phi) is 7.25. The van der Waals surface area contributed by atoms with Gasteiger partial charge >= 0.3 is 5.97 Å². The molecule has 0 radical (unpaired) electrons. The standard InChI is InChI=1S/C16H26N3O4PS3/c1-15(2,3)23-11(20)10-9(8-27-14(17)25)7-26-13-16(22-4,18-24(5)6)12(21)19(10)13/h13,18H,7-8H2,1-6H3,(H2,17,25)/p+1/t13-,16-/m0/s1. The van der Waals surface area contributed by atoms with Crippen LogP contribution in [-0.4, -0.2) is 69.7 Å². The molecule has 0 unspecified atom stereocenters. The van der Waals surface area contributed by atoms with E-state index in [0.717, 1.165) is 5.57 Å².